The summed E-state index contributed by atoms with van der Waals surface area (Å²) in [7, 11) is 0. The Hall–Kier alpha value is -0.410. The average molecular weight is 254 g/mol. The summed E-state index contributed by atoms with van der Waals surface area (Å²) < 4.78 is 0. The Morgan fingerprint density at radius 1 is 1.35 bits per heavy atom. The van der Waals surface area contributed by atoms with Crippen LogP contribution in [0.15, 0.2) is 5.38 Å². The minimum Gasteiger partial charge on any atom is -0.308 e. The fraction of sp³-hybridized carbons (Fsp3) is 0.786. The van der Waals surface area contributed by atoms with Crippen LogP contribution in [0.3, 0.4) is 0 Å². The van der Waals surface area contributed by atoms with Crippen LogP contribution < -0.4 is 5.32 Å². The van der Waals surface area contributed by atoms with Crippen LogP contribution in [-0.2, 0) is 0 Å². The number of aryl methyl sites for hydroxylation is 1. The number of hydrogen-bond donors (Lipinski definition) is 1. The second-order valence-electron chi connectivity index (χ2n) is 5.37. The molecule has 3 heteroatoms. The maximum absolute atomic E-state index is 4.65. The third-order valence-corrected chi connectivity index (χ3v) is 3.97. The molecule has 1 heterocycles. The maximum Gasteiger partial charge on any atom is 0.110 e. The summed E-state index contributed by atoms with van der Waals surface area (Å²) in [6, 6.07) is 0.427. The summed E-state index contributed by atoms with van der Waals surface area (Å²) in [5.74, 6) is 1.39. The lowest BCUT2D eigenvalue weighted by atomic mass is 9.92. The maximum atomic E-state index is 4.65. The van der Waals surface area contributed by atoms with E-state index in [1.807, 2.05) is 0 Å². The Morgan fingerprint density at radius 2 is 2.06 bits per heavy atom. The van der Waals surface area contributed by atoms with E-state index < -0.39 is 0 Å². The molecule has 0 spiro atoms. The van der Waals surface area contributed by atoms with Crippen LogP contribution in [0.25, 0.3) is 0 Å². The molecule has 0 aliphatic heterocycles. The predicted molar refractivity (Wildman–Crippen MR) is 76.5 cm³/mol. The molecular weight excluding hydrogens is 228 g/mol. The van der Waals surface area contributed by atoms with E-state index in [2.05, 4.69) is 50.3 Å². The van der Waals surface area contributed by atoms with Gasteiger partial charge in [0.05, 0.1) is 6.04 Å². The molecule has 2 nitrogen and oxygen atoms in total. The van der Waals surface area contributed by atoms with Gasteiger partial charge in [0.2, 0.25) is 0 Å². The second kappa shape index (κ2) is 7.12. The highest BCUT2D eigenvalue weighted by molar-refractivity contribution is 7.09. The molecule has 1 rings (SSSR count). The molecule has 0 fully saturated rings. The van der Waals surface area contributed by atoms with Crippen molar-refractivity contribution >= 4 is 11.3 Å². The van der Waals surface area contributed by atoms with E-state index in [-0.39, 0.29) is 0 Å². The highest BCUT2D eigenvalue weighted by Gasteiger charge is 2.22. The SMILES string of the molecule is CCCNC(c1nc(C)cs1)C(C)CC(C)C. The molecule has 2 atom stereocenters. The Labute approximate surface area is 110 Å². The van der Waals surface area contributed by atoms with E-state index in [0.717, 1.165) is 18.2 Å². The van der Waals surface area contributed by atoms with Crippen molar-refractivity contribution < 1.29 is 0 Å². The molecule has 0 aliphatic rings. The first-order valence-corrected chi connectivity index (χ1v) is 7.58. The van der Waals surface area contributed by atoms with E-state index >= 15 is 0 Å². The van der Waals surface area contributed by atoms with Gasteiger partial charge in [0.1, 0.15) is 5.01 Å². The summed E-state index contributed by atoms with van der Waals surface area (Å²) in [6.07, 6.45) is 2.43. The van der Waals surface area contributed by atoms with Gasteiger partial charge in [0.25, 0.3) is 0 Å². The van der Waals surface area contributed by atoms with Gasteiger partial charge in [0.15, 0.2) is 0 Å². The normalized spacial score (nSPS) is 15.2. The summed E-state index contributed by atoms with van der Waals surface area (Å²) >= 11 is 1.79. The molecule has 0 amide bonds. The van der Waals surface area contributed by atoms with Crippen LogP contribution in [0, 0.1) is 18.8 Å². The molecule has 0 radical (unpaired) electrons. The van der Waals surface area contributed by atoms with Gasteiger partial charge in [-0.25, -0.2) is 4.98 Å². The number of thiazole rings is 1. The molecule has 1 N–H and O–H groups in total. The van der Waals surface area contributed by atoms with Gasteiger partial charge >= 0.3 is 0 Å². The first-order valence-electron chi connectivity index (χ1n) is 6.70. The molecule has 1 aromatic heterocycles. The summed E-state index contributed by atoms with van der Waals surface area (Å²) in [6.45, 7) is 12.3. The lowest BCUT2D eigenvalue weighted by molar-refractivity contribution is 0.328. The minimum absolute atomic E-state index is 0.427. The second-order valence-corrected chi connectivity index (χ2v) is 6.26. The van der Waals surface area contributed by atoms with Gasteiger partial charge in [-0.3, -0.25) is 0 Å². The zero-order valence-electron chi connectivity index (χ0n) is 11.8. The lowest BCUT2D eigenvalue weighted by Crippen LogP contribution is -2.28. The van der Waals surface area contributed by atoms with Crippen molar-refractivity contribution in [1.29, 1.82) is 0 Å². The predicted octanol–water partition coefficient (Wildman–Crippen LogP) is 4.17. The Balaban J connectivity index is 2.72. The van der Waals surface area contributed by atoms with Crippen molar-refractivity contribution in [2.45, 2.75) is 53.5 Å². The first-order chi connectivity index (χ1) is 8.04. The van der Waals surface area contributed by atoms with Crippen LogP contribution in [0.2, 0.25) is 0 Å². The number of nitrogens with one attached hydrogen (secondary N) is 1. The Bertz CT molecular complexity index is 320. The average Bonchev–Trinajstić information content (AvgIpc) is 2.64. The molecule has 0 saturated heterocycles. The zero-order valence-corrected chi connectivity index (χ0v) is 12.6. The third kappa shape index (κ3) is 4.76. The van der Waals surface area contributed by atoms with Gasteiger partial charge in [-0.05, 0) is 38.1 Å². The van der Waals surface area contributed by atoms with Crippen molar-refractivity contribution in [2.24, 2.45) is 11.8 Å². The summed E-state index contributed by atoms with van der Waals surface area (Å²) in [4.78, 5) is 4.65. The lowest BCUT2D eigenvalue weighted by Gasteiger charge is -2.24. The fourth-order valence-electron chi connectivity index (χ4n) is 2.23. The van der Waals surface area contributed by atoms with Gasteiger partial charge in [-0.1, -0.05) is 27.7 Å². The van der Waals surface area contributed by atoms with Crippen molar-refractivity contribution in [3.63, 3.8) is 0 Å². The van der Waals surface area contributed by atoms with Gasteiger partial charge in [-0.2, -0.15) is 0 Å². The summed E-state index contributed by atoms with van der Waals surface area (Å²) in [5.41, 5.74) is 1.14. The van der Waals surface area contributed by atoms with Crippen molar-refractivity contribution in [3.05, 3.63) is 16.1 Å². The molecule has 98 valence electrons. The molecule has 0 aliphatic carbocycles. The summed E-state index contributed by atoms with van der Waals surface area (Å²) in [5, 5.41) is 7.06. The van der Waals surface area contributed by atoms with Crippen LogP contribution in [0.1, 0.15) is 57.3 Å². The highest BCUT2D eigenvalue weighted by atomic mass is 32.1. The van der Waals surface area contributed by atoms with Gasteiger partial charge in [0, 0.05) is 11.1 Å². The highest BCUT2D eigenvalue weighted by Crippen LogP contribution is 2.29. The molecular formula is C14H26N2S. The molecule has 0 saturated carbocycles. The van der Waals surface area contributed by atoms with E-state index in [1.165, 1.54) is 17.8 Å². The van der Waals surface area contributed by atoms with Crippen LogP contribution in [0.4, 0.5) is 0 Å². The topological polar surface area (TPSA) is 24.9 Å². The fourth-order valence-corrected chi connectivity index (χ4v) is 3.23. The number of nitrogens with zero attached hydrogens (tertiary/aromatic N) is 1. The van der Waals surface area contributed by atoms with Crippen molar-refractivity contribution in [2.75, 3.05) is 6.54 Å². The van der Waals surface area contributed by atoms with Crippen molar-refractivity contribution in [3.8, 4) is 0 Å². The smallest absolute Gasteiger partial charge is 0.110 e. The molecule has 2 unspecified atom stereocenters. The van der Waals surface area contributed by atoms with E-state index in [4.69, 9.17) is 0 Å². The van der Waals surface area contributed by atoms with Crippen LogP contribution in [0.5, 0.6) is 0 Å². The number of hydrogen-bond acceptors (Lipinski definition) is 3. The monoisotopic (exact) mass is 254 g/mol. The molecule has 17 heavy (non-hydrogen) atoms. The number of aromatic nitrogens is 1. The standard InChI is InChI=1S/C14H26N2S/c1-6-7-15-13(11(4)8-10(2)3)14-16-12(5)9-17-14/h9-11,13,15H,6-8H2,1-5H3. The van der Waals surface area contributed by atoms with Gasteiger partial charge in [-0.15, -0.1) is 11.3 Å². The first kappa shape index (κ1) is 14.7. The molecule has 1 aromatic rings. The van der Waals surface area contributed by atoms with E-state index in [0.29, 0.717) is 12.0 Å². The Morgan fingerprint density at radius 3 is 2.53 bits per heavy atom. The van der Waals surface area contributed by atoms with Crippen LogP contribution >= 0.6 is 11.3 Å². The minimum atomic E-state index is 0.427. The van der Waals surface area contributed by atoms with Crippen LogP contribution in [-0.4, -0.2) is 11.5 Å². The van der Waals surface area contributed by atoms with E-state index in [1.54, 1.807) is 11.3 Å². The van der Waals surface area contributed by atoms with Gasteiger partial charge < -0.3 is 5.32 Å². The quantitative estimate of drug-likeness (QED) is 0.790. The zero-order chi connectivity index (χ0) is 12.8. The molecule has 0 aromatic carbocycles. The Kier molecular flexibility index (Phi) is 6.14. The third-order valence-electron chi connectivity index (χ3n) is 2.93. The van der Waals surface area contributed by atoms with E-state index in [9.17, 15) is 0 Å². The molecule has 0 bridgehead atoms. The largest absolute Gasteiger partial charge is 0.308 e. The number of rotatable bonds is 7. The van der Waals surface area contributed by atoms with Crippen molar-refractivity contribution in [1.82, 2.24) is 10.3 Å².